The first kappa shape index (κ1) is 19.2. The van der Waals surface area contributed by atoms with Crippen LogP contribution >= 0.6 is 0 Å². The summed E-state index contributed by atoms with van der Waals surface area (Å²) < 4.78 is 13.4. The van der Waals surface area contributed by atoms with Gasteiger partial charge in [0.05, 0.1) is 18.3 Å². The summed E-state index contributed by atoms with van der Waals surface area (Å²) >= 11 is 0. The molecule has 2 heterocycles. The van der Waals surface area contributed by atoms with Crippen LogP contribution in [-0.4, -0.2) is 45.8 Å². The van der Waals surface area contributed by atoms with Gasteiger partial charge in [-0.05, 0) is 38.8 Å². The van der Waals surface area contributed by atoms with E-state index in [0.717, 1.165) is 25.3 Å². The first-order valence-corrected chi connectivity index (χ1v) is 9.42. The molecule has 1 aromatic carbocycles. The number of aryl methyl sites for hydroxylation is 1. The number of ether oxygens (including phenoxy) is 2. The number of aromatic nitrogens is 2. The van der Waals surface area contributed by atoms with Crippen LogP contribution in [0.5, 0.6) is 5.75 Å². The molecule has 2 amide bonds. The van der Waals surface area contributed by atoms with E-state index in [9.17, 15) is 4.79 Å². The van der Waals surface area contributed by atoms with Crippen LogP contribution in [0.25, 0.3) is 0 Å². The number of hydrogen-bond acceptors (Lipinski definition) is 4. The number of para-hydroxylation sites is 2. The van der Waals surface area contributed by atoms with Gasteiger partial charge in [-0.25, -0.2) is 9.78 Å². The van der Waals surface area contributed by atoms with Crippen LogP contribution in [0.1, 0.15) is 32.5 Å². The van der Waals surface area contributed by atoms with Crippen molar-refractivity contribution in [2.75, 3.05) is 18.5 Å². The predicted octanol–water partition coefficient (Wildman–Crippen LogP) is 3.42. The lowest BCUT2D eigenvalue weighted by Crippen LogP contribution is -2.40. The number of carbonyl (C=O) groups excluding carboxylic acids is 1. The zero-order chi connectivity index (χ0) is 19.2. The van der Waals surface area contributed by atoms with Gasteiger partial charge in [-0.1, -0.05) is 12.1 Å². The highest BCUT2D eigenvalue weighted by Crippen LogP contribution is 2.26. The average Bonchev–Trinajstić information content (AvgIpc) is 3.30. The van der Waals surface area contributed by atoms with Gasteiger partial charge in [-0.2, -0.15) is 0 Å². The minimum atomic E-state index is -0.179. The number of benzene rings is 1. The first-order chi connectivity index (χ1) is 13.0. The van der Waals surface area contributed by atoms with Crippen LogP contribution in [0, 0.1) is 0 Å². The summed E-state index contributed by atoms with van der Waals surface area (Å²) in [5.41, 5.74) is 0.658. The van der Waals surface area contributed by atoms with E-state index in [0.29, 0.717) is 24.6 Å². The van der Waals surface area contributed by atoms with Crippen LogP contribution in [0.15, 0.2) is 36.7 Å². The highest BCUT2D eigenvalue weighted by atomic mass is 16.5. The Morgan fingerprint density at radius 3 is 2.93 bits per heavy atom. The highest BCUT2D eigenvalue weighted by molar-refractivity contribution is 5.91. The van der Waals surface area contributed by atoms with Crippen LogP contribution in [0.3, 0.4) is 0 Å². The number of carbonyl (C=O) groups is 1. The van der Waals surface area contributed by atoms with Gasteiger partial charge in [0.1, 0.15) is 18.2 Å². The average molecular weight is 372 g/mol. The Bertz CT molecular complexity index is 753. The monoisotopic (exact) mass is 372 g/mol. The SMILES string of the molecule is CC(C)N(Cc1nccn1C)C(=O)Nc1ccccc1OC[C@@H]1CCCO1. The number of rotatable bonds is 7. The Hall–Kier alpha value is -2.54. The second-order valence-corrected chi connectivity index (χ2v) is 7.05. The molecule has 1 N–H and O–H groups in total. The Morgan fingerprint density at radius 1 is 1.44 bits per heavy atom. The molecule has 0 unspecified atom stereocenters. The van der Waals surface area contributed by atoms with E-state index >= 15 is 0 Å². The summed E-state index contributed by atoms with van der Waals surface area (Å²) in [6, 6.07) is 7.34. The van der Waals surface area contributed by atoms with E-state index in [1.54, 1.807) is 11.1 Å². The summed E-state index contributed by atoms with van der Waals surface area (Å²) in [5, 5.41) is 2.98. The summed E-state index contributed by atoms with van der Waals surface area (Å²) in [6.07, 6.45) is 5.83. The third-order valence-corrected chi connectivity index (χ3v) is 4.69. The van der Waals surface area contributed by atoms with Crippen LogP contribution in [0.2, 0.25) is 0 Å². The number of nitrogens with one attached hydrogen (secondary N) is 1. The molecule has 0 bridgehead atoms. The number of hydrogen-bond donors (Lipinski definition) is 1. The third-order valence-electron chi connectivity index (χ3n) is 4.69. The van der Waals surface area contributed by atoms with Gasteiger partial charge in [-0.3, -0.25) is 0 Å². The summed E-state index contributed by atoms with van der Waals surface area (Å²) in [4.78, 5) is 19.0. The van der Waals surface area contributed by atoms with Crippen molar-refractivity contribution in [1.82, 2.24) is 14.5 Å². The Morgan fingerprint density at radius 2 is 2.26 bits per heavy atom. The van der Waals surface area contributed by atoms with E-state index in [4.69, 9.17) is 9.47 Å². The van der Waals surface area contributed by atoms with Gasteiger partial charge in [0.2, 0.25) is 0 Å². The molecule has 27 heavy (non-hydrogen) atoms. The van der Waals surface area contributed by atoms with Crippen LogP contribution in [0.4, 0.5) is 10.5 Å². The topological polar surface area (TPSA) is 68.6 Å². The van der Waals surface area contributed by atoms with E-state index < -0.39 is 0 Å². The van der Waals surface area contributed by atoms with Crippen molar-refractivity contribution in [3.63, 3.8) is 0 Å². The van der Waals surface area contributed by atoms with Crippen molar-refractivity contribution in [1.29, 1.82) is 0 Å². The number of anilines is 1. The molecular formula is C20H28N4O3. The summed E-state index contributed by atoms with van der Waals surface area (Å²) in [5.74, 6) is 1.49. The molecule has 7 nitrogen and oxygen atoms in total. The molecule has 1 atom stereocenters. The van der Waals surface area contributed by atoms with Crippen molar-refractivity contribution >= 4 is 11.7 Å². The molecule has 3 rings (SSSR count). The first-order valence-electron chi connectivity index (χ1n) is 9.42. The zero-order valence-corrected chi connectivity index (χ0v) is 16.2. The number of imidazole rings is 1. The third kappa shape index (κ3) is 5.01. The molecule has 0 radical (unpaired) electrons. The molecule has 1 aromatic heterocycles. The highest BCUT2D eigenvalue weighted by Gasteiger charge is 2.21. The minimum Gasteiger partial charge on any atom is -0.489 e. The van der Waals surface area contributed by atoms with Gasteiger partial charge in [0, 0.05) is 32.1 Å². The maximum absolute atomic E-state index is 12.9. The lowest BCUT2D eigenvalue weighted by atomic mass is 10.2. The van der Waals surface area contributed by atoms with E-state index in [1.807, 2.05) is 55.9 Å². The molecule has 0 spiro atoms. The molecular weight excluding hydrogens is 344 g/mol. The molecule has 146 valence electrons. The minimum absolute atomic E-state index is 0.0293. The standard InChI is InChI=1S/C20H28N4O3/c1-15(2)24(13-19-21-10-11-23(19)3)20(25)22-17-8-4-5-9-18(17)27-14-16-7-6-12-26-16/h4-5,8-11,15-16H,6-7,12-14H2,1-3H3,(H,22,25)/t16-/m0/s1. The molecule has 1 fully saturated rings. The fourth-order valence-corrected chi connectivity index (χ4v) is 3.03. The van der Waals surface area contributed by atoms with Gasteiger partial charge in [0.15, 0.2) is 0 Å². The van der Waals surface area contributed by atoms with E-state index in [2.05, 4.69) is 10.3 Å². The molecule has 7 heteroatoms. The van der Waals surface area contributed by atoms with Crippen LogP contribution in [-0.2, 0) is 18.3 Å². The lowest BCUT2D eigenvalue weighted by molar-refractivity contribution is 0.0682. The molecule has 1 aliphatic heterocycles. The van der Waals surface area contributed by atoms with Gasteiger partial charge in [-0.15, -0.1) is 0 Å². The van der Waals surface area contributed by atoms with Crippen molar-refractivity contribution in [3.8, 4) is 5.75 Å². The molecule has 0 aliphatic carbocycles. The number of amides is 2. The smallest absolute Gasteiger partial charge is 0.322 e. The van der Waals surface area contributed by atoms with Gasteiger partial charge in [0.25, 0.3) is 0 Å². The largest absolute Gasteiger partial charge is 0.489 e. The molecule has 1 saturated heterocycles. The fraction of sp³-hybridized carbons (Fsp3) is 0.500. The van der Waals surface area contributed by atoms with Crippen molar-refractivity contribution < 1.29 is 14.3 Å². The Kier molecular flexibility index (Phi) is 6.34. The second kappa shape index (κ2) is 8.90. The Balaban J connectivity index is 1.67. The molecule has 2 aromatic rings. The van der Waals surface area contributed by atoms with Gasteiger partial charge >= 0.3 is 6.03 Å². The fourth-order valence-electron chi connectivity index (χ4n) is 3.03. The van der Waals surface area contributed by atoms with E-state index in [1.165, 1.54) is 0 Å². The predicted molar refractivity (Wildman–Crippen MR) is 104 cm³/mol. The summed E-state index contributed by atoms with van der Waals surface area (Å²) in [6.45, 7) is 5.70. The van der Waals surface area contributed by atoms with E-state index in [-0.39, 0.29) is 18.2 Å². The summed E-state index contributed by atoms with van der Waals surface area (Å²) in [7, 11) is 1.92. The second-order valence-electron chi connectivity index (χ2n) is 7.05. The zero-order valence-electron chi connectivity index (χ0n) is 16.2. The molecule has 1 aliphatic rings. The van der Waals surface area contributed by atoms with Crippen LogP contribution < -0.4 is 10.1 Å². The quantitative estimate of drug-likeness (QED) is 0.809. The molecule has 0 saturated carbocycles. The lowest BCUT2D eigenvalue weighted by Gasteiger charge is -2.27. The maximum Gasteiger partial charge on any atom is 0.322 e. The van der Waals surface area contributed by atoms with Gasteiger partial charge < -0.3 is 24.3 Å². The van der Waals surface area contributed by atoms with Crippen molar-refractivity contribution in [2.24, 2.45) is 7.05 Å². The number of nitrogens with zero attached hydrogens (tertiary/aromatic N) is 3. The number of urea groups is 1. The Labute approximate surface area is 160 Å². The maximum atomic E-state index is 12.9. The van der Waals surface area contributed by atoms with Crippen molar-refractivity contribution in [2.45, 2.75) is 45.4 Å². The van der Waals surface area contributed by atoms with Crippen molar-refractivity contribution in [3.05, 3.63) is 42.5 Å². The normalized spacial score (nSPS) is 16.5.